The number of amides is 3. The number of likely N-dealkylation sites (tertiary alicyclic amines) is 1. The van der Waals surface area contributed by atoms with Crippen LogP contribution in [0.1, 0.15) is 38.2 Å². The molecule has 2 bridgehead atoms. The first-order valence-electron chi connectivity index (χ1n) is 11.0. The second-order valence-electron chi connectivity index (χ2n) is 8.84. The van der Waals surface area contributed by atoms with Gasteiger partial charge >= 0.3 is 0 Å². The van der Waals surface area contributed by atoms with E-state index in [-0.39, 0.29) is 30.2 Å². The van der Waals surface area contributed by atoms with Gasteiger partial charge in [-0.3, -0.25) is 14.4 Å². The molecule has 3 atom stereocenters. The molecule has 1 unspecified atom stereocenters. The van der Waals surface area contributed by atoms with Gasteiger partial charge in [0, 0.05) is 25.6 Å². The smallest absolute Gasteiger partial charge is 0.252 e. The Morgan fingerprint density at radius 1 is 1.10 bits per heavy atom. The molecule has 7 nitrogen and oxygen atoms in total. The van der Waals surface area contributed by atoms with Crippen molar-refractivity contribution >= 4 is 17.7 Å². The summed E-state index contributed by atoms with van der Waals surface area (Å²) in [5, 5.41) is 2.77. The Morgan fingerprint density at radius 3 is 2.57 bits per heavy atom. The van der Waals surface area contributed by atoms with Crippen LogP contribution in [0.4, 0.5) is 0 Å². The third-order valence-electron chi connectivity index (χ3n) is 6.70. The molecule has 3 fully saturated rings. The minimum absolute atomic E-state index is 0.00308. The van der Waals surface area contributed by atoms with E-state index in [1.165, 1.54) is 0 Å². The van der Waals surface area contributed by atoms with Gasteiger partial charge in [-0.1, -0.05) is 37.3 Å². The predicted molar refractivity (Wildman–Crippen MR) is 111 cm³/mol. The molecular weight excluding hydrogens is 382 g/mol. The van der Waals surface area contributed by atoms with E-state index in [1.54, 1.807) is 4.90 Å². The van der Waals surface area contributed by atoms with Crippen LogP contribution in [0, 0.1) is 11.8 Å². The Labute approximate surface area is 177 Å². The van der Waals surface area contributed by atoms with Crippen molar-refractivity contribution in [2.75, 3.05) is 26.2 Å². The Hall–Kier alpha value is -2.41. The van der Waals surface area contributed by atoms with Gasteiger partial charge in [0.15, 0.2) is 0 Å². The van der Waals surface area contributed by atoms with Crippen LogP contribution in [0.25, 0.3) is 0 Å². The summed E-state index contributed by atoms with van der Waals surface area (Å²) in [5.41, 5.74) is 1.03. The lowest BCUT2D eigenvalue weighted by atomic mass is 9.94. The molecule has 1 aromatic carbocycles. The Morgan fingerprint density at radius 2 is 1.83 bits per heavy atom. The number of nitrogens with one attached hydrogen (secondary N) is 1. The summed E-state index contributed by atoms with van der Waals surface area (Å²) in [4.78, 5) is 41.5. The Balaban J connectivity index is 1.28. The van der Waals surface area contributed by atoms with E-state index in [2.05, 4.69) is 12.2 Å². The zero-order valence-electron chi connectivity index (χ0n) is 17.6. The lowest BCUT2D eigenvalue weighted by Crippen LogP contribution is -2.52. The second kappa shape index (κ2) is 9.16. The molecule has 1 N–H and O–H groups in total. The third-order valence-corrected chi connectivity index (χ3v) is 6.70. The number of carbonyl (C=O) groups excluding carboxylic acids is 3. The minimum Gasteiger partial charge on any atom is -0.363 e. The fourth-order valence-electron chi connectivity index (χ4n) is 4.75. The lowest BCUT2D eigenvalue weighted by Gasteiger charge is -2.32. The van der Waals surface area contributed by atoms with Gasteiger partial charge in [-0.2, -0.15) is 0 Å². The third kappa shape index (κ3) is 4.51. The van der Waals surface area contributed by atoms with Gasteiger partial charge < -0.3 is 19.9 Å². The number of nitrogens with zero attached hydrogens (tertiary/aromatic N) is 2. The SMILES string of the molecule is CC1CCN(C(=O)CNC(=O)[C@@H]2CC[C@@H]3CN2C(=O)C3OCc2ccccc2)CC1. The van der Waals surface area contributed by atoms with Gasteiger partial charge in [-0.15, -0.1) is 0 Å². The molecule has 162 valence electrons. The standard InChI is InChI=1S/C23H31N3O4/c1-16-9-11-25(12-10-16)20(27)13-24-22(28)19-8-7-18-14-26(19)23(29)21(18)30-15-17-5-3-2-4-6-17/h2-6,16,18-19,21H,7-15H2,1H3,(H,24,28)/t18-,19+,21?/m1/s1. The fourth-order valence-corrected chi connectivity index (χ4v) is 4.75. The summed E-state index contributed by atoms with van der Waals surface area (Å²) in [7, 11) is 0. The maximum absolute atomic E-state index is 12.9. The summed E-state index contributed by atoms with van der Waals surface area (Å²) >= 11 is 0. The molecule has 0 radical (unpaired) electrons. The molecule has 3 heterocycles. The first kappa shape index (κ1) is 20.8. The molecule has 4 rings (SSSR count). The summed E-state index contributed by atoms with van der Waals surface area (Å²) in [6, 6.07) is 9.28. The van der Waals surface area contributed by atoms with Gasteiger partial charge in [0.05, 0.1) is 13.2 Å². The van der Waals surface area contributed by atoms with Crippen LogP contribution in [-0.4, -0.2) is 65.8 Å². The van der Waals surface area contributed by atoms with Crippen molar-refractivity contribution < 1.29 is 19.1 Å². The predicted octanol–water partition coefficient (Wildman–Crippen LogP) is 1.57. The van der Waals surface area contributed by atoms with Gasteiger partial charge in [-0.05, 0) is 37.2 Å². The van der Waals surface area contributed by atoms with E-state index in [1.807, 2.05) is 35.2 Å². The molecule has 3 aliphatic rings. The van der Waals surface area contributed by atoms with Crippen LogP contribution in [-0.2, 0) is 25.7 Å². The average Bonchev–Trinajstić information content (AvgIpc) is 3.01. The molecule has 0 aliphatic carbocycles. The van der Waals surface area contributed by atoms with Gasteiger partial charge in [-0.25, -0.2) is 0 Å². The van der Waals surface area contributed by atoms with E-state index in [4.69, 9.17) is 4.74 Å². The van der Waals surface area contributed by atoms with E-state index in [0.717, 1.165) is 37.9 Å². The van der Waals surface area contributed by atoms with Crippen molar-refractivity contribution in [2.24, 2.45) is 11.8 Å². The summed E-state index contributed by atoms with van der Waals surface area (Å²) in [6.07, 6.45) is 2.92. The number of carbonyl (C=O) groups is 3. The van der Waals surface area contributed by atoms with Crippen LogP contribution in [0.5, 0.6) is 0 Å². The number of benzene rings is 1. The first-order valence-corrected chi connectivity index (χ1v) is 11.0. The van der Waals surface area contributed by atoms with Crippen molar-refractivity contribution in [2.45, 2.75) is 51.4 Å². The Bertz CT molecular complexity index is 776. The fraction of sp³-hybridized carbons (Fsp3) is 0.609. The summed E-state index contributed by atoms with van der Waals surface area (Å²) < 4.78 is 5.95. The second-order valence-corrected chi connectivity index (χ2v) is 8.84. The zero-order valence-corrected chi connectivity index (χ0v) is 17.6. The van der Waals surface area contributed by atoms with Crippen molar-refractivity contribution in [3.63, 3.8) is 0 Å². The Kier molecular flexibility index (Phi) is 6.37. The molecule has 0 saturated carbocycles. The van der Waals surface area contributed by atoms with E-state index in [9.17, 15) is 14.4 Å². The number of piperidine rings is 2. The van der Waals surface area contributed by atoms with E-state index < -0.39 is 12.1 Å². The first-order chi connectivity index (χ1) is 14.5. The molecule has 0 aromatic heterocycles. The molecule has 3 amide bonds. The van der Waals surface area contributed by atoms with Crippen LogP contribution in [0.2, 0.25) is 0 Å². The molecule has 3 aliphatic heterocycles. The minimum atomic E-state index is -0.506. The van der Waals surface area contributed by atoms with E-state index >= 15 is 0 Å². The highest BCUT2D eigenvalue weighted by molar-refractivity contribution is 5.93. The molecule has 7 heteroatoms. The van der Waals surface area contributed by atoms with Crippen molar-refractivity contribution in [1.29, 1.82) is 0 Å². The van der Waals surface area contributed by atoms with Gasteiger partial charge in [0.25, 0.3) is 5.91 Å². The van der Waals surface area contributed by atoms with Crippen molar-refractivity contribution in [3.05, 3.63) is 35.9 Å². The number of ether oxygens (including phenoxy) is 1. The number of rotatable bonds is 6. The number of hydrogen-bond acceptors (Lipinski definition) is 4. The van der Waals surface area contributed by atoms with Gasteiger partial charge in [0.2, 0.25) is 11.8 Å². The van der Waals surface area contributed by atoms with Gasteiger partial charge in [0.1, 0.15) is 12.1 Å². The molecule has 0 spiro atoms. The molecule has 30 heavy (non-hydrogen) atoms. The molecule has 1 aromatic rings. The number of hydrogen-bond donors (Lipinski definition) is 1. The molecular formula is C23H31N3O4. The highest BCUT2D eigenvalue weighted by Crippen LogP contribution is 2.34. The monoisotopic (exact) mass is 413 g/mol. The highest BCUT2D eigenvalue weighted by atomic mass is 16.5. The quantitative estimate of drug-likeness (QED) is 0.768. The maximum Gasteiger partial charge on any atom is 0.252 e. The zero-order chi connectivity index (χ0) is 21.1. The molecule has 3 saturated heterocycles. The normalized spacial score (nSPS) is 26.7. The topological polar surface area (TPSA) is 79.0 Å². The summed E-state index contributed by atoms with van der Waals surface area (Å²) in [6.45, 7) is 4.65. The van der Waals surface area contributed by atoms with Crippen molar-refractivity contribution in [3.8, 4) is 0 Å². The van der Waals surface area contributed by atoms with Crippen LogP contribution in [0.3, 0.4) is 0 Å². The summed E-state index contributed by atoms with van der Waals surface area (Å²) in [5.74, 6) is 0.397. The van der Waals surface area contributed by atoms with Crippen LogP contribution < -0.4 is 5.32 Å². The largest absolute Gasteiger partial charge is 0.363 e. The number of fused-ring (bicyclic) bond motifs is 2. The van der Waals surface area contributed by atoms with Crippen LogP contribution >= 0.6 is 0 Å². The average molecular weight is 414 g/mol. The maximum atomic E-state index is 12.9. The van der Waals surface area contributed by atoms with Crippen LogP contribution in [0.15, 0.2) is 30.3 Å². The lowest BCUT2D eigenvalue weighted by molar-refractivity contribution is -0.144. The highest BCUT2D eigenvalue weighted by Gasteiger charge is 2.49. The van der Waals surface area contributed by atoms with E-state index in [0.29, 0.717) is 25.5 Å². The van der Waals surface area contributed by atoms with Crippen molar-refractivity contribution in [1.82, 2.24) is 15.1 Å².